The van der Waals surface area contributed by atoms with E-state index in [1.165, 1.54) is 10.9 Å². The molecule has 0 radical (unpaired) electrons. The van der Waals surface area contributed by atoms with Crippen LogP contribution in [-0.4, -0.2) is 30.8 Å². The van der Waals surface area contributed by atoms with Gasteiger partial charge >= 0.3 is 6.09 Å². The van der Waals surface area contributed by atoms with Gasteiger partial charge in [-0.25, -0.2) is 4.79 Å². The van der Waals surface area contributed by atoms with E-state index in [1.54, 1.807) is 0 Å². The van der Waals surface area contributed by atoms with Crippen LogP contribution in [0.3, 0.4) is 0 Å². The predicted octanol–water partition coefficient (Wildman–Crippen LogP) is 4.82. The number of ether oxygens (including phenoxy) is 1. The molecule has 138 valence electrons. The Hall–Kier alpha value is -1.46. The first kappa shape index (κ1) is 19.9. The van der Waals surface area contributed by atoms with Crippen LogP contribution in [0.15, 0.2) is 18.2 Å². The third-order valence-corrected chi connectivity index (χ3v) is 6.14. The maximum absolute atomic E-state index is 12.1. The minimum absolute atomic E-state index is 0.0553. The molecule has 0 unspecified atom stereocenters. The molecular formula is C19H29ClN2O2Si. The Bertz CT molecular complexity index is 772. The van der Waals surface area contributed by atoms with E-state index in [0.717, 1.165) is 15.9 Å². The van der Waals surface area contributed by atoms with Gasteiger partial charge in [-0.2, -0.15) is 0 Å². The molecule has 0 aliphatic carbocycles. The summed E-state index contributed by atoms with van der Waals surface area (Å²) in [6, 6.07) is 5.88. The zero-order valence-corrected chi connectivity index (χ0v) is 18.0. The van der Waals surface area contributed by atoms with Crippen molar-refractivity contribution in [2.45, 2.75) is 65.4 Å². The van der Waals surface area contributed by atoms with Crippen molar-refractivity contribution in [1.29, 1.82) is 0 Å². The number of hydrogen-bond donors (Lipinski definition) is 2. The minimum Gasteiger partial charge on any atom is -0.444 e. The van der Waals surface area contributed by atoms with E-state index in [4.69, 9.17) is 16.3 Å². The standard InChI is InChI=1S/C19H29ClN2O2Si/c1-12(21-18(23)24-19(2,3)4)11-13-16-14(20)9-8-10-15(16)22-17(13)25(5,6)7/h8-10,12,22H,11H2,1-7H3,(H,21,23)/t12-/m1/s1. The number of aromatic nitrogens is 1. The third kappa shape index (κ3) is 5.01. The van der Waals surface area contributed by atoms with E-state index in [2.05, 4.69) is 36.0 Å². The van der Waals surface area contributed by atoms with Gasteiger partial charge in [0, 0.05) is 22.3 Å². The molecule has 25 heavy (non-hydrogen) atoms. The van der Waals surface area contributed by atoms with Crippen LogP contribution in [0.25, 0.3) is 10.9 Å². The first-order chi connectivity index (χ1) is 11.4. The van der Waals surface area contributed by atoms with Gasteiger partial charge in [0.15, 0.2) is 0 Å². The van der Waals surface area contributed by atoms with Crippen LogP contribution in [0.2, 0.25) is 24.7 Å². The van der Waals surface area contributed by atoms with Crippen LogP contribution in [0.1, 0.15) is 33.3 Å². The SMILES string of the molecule is C[C@H](Cc1c([Si](C)(C)C)[nH]c2cccc(Cl)c12)NC(=O)OC(C)(C)C. The van der Waals surface area contributed by atoms with Crippen LogP contribution < -0.4 is 10.6 Å². The molecule has 1 heterocycles. The first-order valence-corrected chi connectivity index (χ1v) is 12.6. The van der Waals surface area contributed by atoms with Crippen LogP contribution in [0, 0.1) is 0 Å². The Morgan fingerprint density at radius 3 is 2.52 bits per heavy atom. The number of rotatable bonds is 4. The minimum atomic E-state index is -1.59. The lowest BCUT2D eigenvalue weighted by Crippen LogP contribution is -2.43. The quantitative estimate of drug-likeness (QED) is 0.747. The van der Waals surface area contributed by atoms with Crippen molar-refractivity contribution >= 4 is 42.0 Å². The predicted molar refractivity (Wildman–Crippen MR) is 109 cm³/mol. The summed E-state index contributed by atoms with van der Waals surface area (Å²) in [5.41, 5.74) is 1.77. The van der Waals surface area contributed by atoms with E-state index in [0.29, 0.717) is 6.42 Å². The number of alkyl carbamates (subject to hydrolysis) is 1. The number of nitrogens with one attached hydrogen (secondary N) is 2. The Labute approximate surface area is 156 Å². The van der Waals surface area contributed by atoms with Gasteiger partial charge in [-0.1, -0.05) is 37.3 Å². The van der Waals surface area contributed by atoms with E-state index in [-0.39, 0.29) is 12.1 Å². The van der Waals surface area contributed by atoms with Crippen LogP contribution in [-0.2, 0) is 11.2 Å². The molecule has 6 heteroatoms. The largest absolute Gasteiger partial charge is 0.444 e. The number of halogens is 1. The Kier molecular flexibility index (Phi) is 5.59. The number of carbonyl (C=O) groups is 1. The second-order valence-corrected chi connectivity index (χ2v) is 14.0. The lowest BCUT2D eigenvalue weighted by Gasteiger charge is -2.23. The Morgan fingerprint density at radius 2 is 1.96 bits per heavy atom. The molecule has 0 spiro atoms. The van der Waals surface area contributed by atoms with Gasteiger partial charge in [0.2, 0.25) is 0 Å². The molecule has 0 bridgehead atoms. The highest BCUT2D eigenvalue weighted by atomic mass is 35.5. The summed E-state index contributed by atoms with van der Waals surface area (Å²) in [6.45, 7) is 14.5. The first-order valence-electron chi connectivity index (χ1n) is 8.67. The van der Waals surface area contributed by atoms with Crippen LogP contribution in [0.4, 0.5) is 4.79 Å². The summed E-state index contributed by atoms with van der Waals surface area (Å²) in [6.07, 6.45) is 0.322. The molecule has 0 aliphatic heterocycles. The van der Waals surface area contributed by atoms with E-state index in [9.17, 15) is 4.79 Å². The van der Waals surface area contributed by atoms with Crippen molar-refractivity contribution < 1.29 is 9.53 Å². The Balaban J connectivity index is 2.32. The number of carbonyl (C=O) groups excluding carboxylic acids is 1. The van der Waals surface area contributed by atoms with Crippen molar-refractivity contribution in [3.05, 3.63) is 28.8 Å². The zero-order chi connectivity index (χ0) is 19.0. The normalized spacial score (nSPS) is 13.8. The van der Waals surface area contributed by atoms with Crippen LogP contribution in [0.5, 0.6) is 0 Å². The van der Waals surface area contributed by atoms with Gasteiger partial charge in [0.1, 0.15) is 5.60 Å². The molecule has 2 aromatic rings. The fourth-order valence-corrected chi connectivity index (χ4v) is 4.91. The third-order valence-electron chi connectivity index (χ3n) is 3.90. The van der Waals surface area contributed by atoms with Crippen molar-refractivity contribution in [3.63, 3.8) is 0 Å². The number of fused-ring (bicyclic) bond motifs is 1. The second kappa shape index (κ2) is 7.04. The average Bonchev–Trinajstić information content (AvgIpc) is 2.76. The molecule has 1 atom stereocenters. The number of H-pyrrole nitrogens is 1. The molecule has 4 nitrogen and oxygen atoms in total. The highest BCUT2D eigenvalue weighted by molar-refractivity contribution is 6.88. The molecular weight excluding hydrogens is 352 g/mol. The maximum atomic E-state index is 12.1. The number of benzene rings is 1. The topological polar surface area (TPSA) is 54.1 Å². The van der Waals surface area contributed by atoms with E-state index < -0.39 is 13.7 Å². The van der Waals surface area contributed by atoms with Crippen molar-refractivity contribution in [2.75, 3.05) is 0 Å². The lowest BCUT2D eigenvalue weighted by molar-refractivity contribution is 0.0508. The maximum Gasteiger partial charge on any atom is 0.407 e. The van der Waals surface area contributed by atoms with Crippen molar-refractivity contribution in [1.82, 2.24) is 10.3 Å². The fraction of sp³-hybridized carbons (Fsp3) is 0.526. The van der Waals surface area contributed by atoms with Gasteiger partial charge in [-0.15, -0.1) is 0 Å². The van der Waals surface area contributed by atoms with E-state index in [1.807, 2.05) is 39.8 Å². The zero-order valence-electron chi connectivity index (χ0n) is 16.2. The summed E-state index contributed by atoms with van der Waals surface area (Å²) < 4.78 is 5.36. The van der Waals surface area contributed by atoms with Gasteiger partial charge in [0.05, 0.1) is 13.1 Å². The average molecular weight is 381 g/mol. The van der Waals surface area contributed by atoms with Crippen molar-refractivity contribution in [2.24, 2.45) is 0 Å². The summed E-state index contributed by atoms with van der Waals surface area (Å²) in [4.78, 5) is 15.6. The molecule has 2 rings (SSSR count). The molecule has 0 aliphatic rings. The van der Waals surface area contributed by atoms with Gasteiger partial charge in [-0.3, -0.25) is 0 Å². The van der Waals surface area contributed by atoms with Gasteiger partial charge < -0.3 is 15.0 Å². The van der Waals surface area contributed by atoms with Crippen molar-refractivity contribution in [3.8, 4) is 0 Å². The smallest absolute Gasteiger partial charge is 0.407 e. The highest BCUT2D eigenvalue weighted by Crippen LogP contribution is 2.28. The summed E-state index contributed by atoms with van der Waals surface area (Å²) in [5, 5.41) is 6.04. The monoisotopic (exact) mass is 380 g/mol. The lowest BCUT2D eigenvalue weighted by atomic mass is 10.1. The molecule has 2 N–H and O–H groups in total. The molecule has 1 aromatic heterocycles. The summed E-state index contributed by atoms with van der Waals surface area (Å²) in [5.74, 6) is 0. The highest BCUT2D eigenvalue weighted by Gasteiger charge is 2.27. The van der Waals surface area contributed by atoms with Gasteiger partial charge in [-0.05, 0) is 51.8 Å². The Morgan fingerprint density at radius 1 is 1.32 bits per heavy atom. The molecule has 1 aromatic carbocycles. The van der Waals surface area contributed by atoms with E-state index >= 15 is 0 Å². The molecule has 0 saturated carbocycles. The molecule has 0 saturated heterocycles. The second-order valence-electron chi connectivity index (χ2n) is 8.64. The number of amides is 1. The number of aromatic amines is 1. The number of hydrogen-bond acceptors (Lipinski definition) is 2. The van der Waals surface area contributed by atoms with Gasteiger partial charge in [0.25, 0.3) is 0 Å². The summed E-state index contributed by atoms with van der Waals surface area (Å²) in [7, 11) is -1.59. The molecule has 1 amide bonds. The summed E-state index contributed by atoms with van der Waals surface area (Å²) >= 11 is 6.49. The van der Waals surface area contributed by atoms with Crippen LogP contribution >= 0.6 is 11.6 Å². The molecule has 0 fully saturated rings. The fourth-order valence-electron chi connectivity index (χ4n) is 2.98.